The summed E-state index contributed by atoms with van der Waals surface area (Å²) in [7, 11) is 0. The second-order valence-electron chi connectivity index (χ2n) is 4.95. The van der Waals surface area contributed by atoms with Crippen molar-refractivity contribution in [1.29, 1.82) is 0 Å². The molecule has 2 aromatic carbocycles. The van der Waals surface area contributed by atoms with Gasteiger partial charge in [0.1, 0.15) is 11.6 Å². The molecule has 0 aliphatic carbocycles. The normalized spacial score (nSPS) is 12.7. The van der Waals surface area contributed by atoms with Crippen LogP contribution in [-0.2, 0) is 0 Å². The minimum absolute atomic E-state index is 0.162. The second-order valence-corrected chi connectivity index (χ2v) is 5.76. The Morgan fingerprint density at radius 1 is 1.19 bits per heavy atom. The van der Waals surface area contributed by atoms with Crippen LogP contribution < -0.4 is 5.73 Å². The number of halogens is 2. The van der Waals surface area contributed by atoms with Crippen molar-refractivity contribution in [2.45, 2.75) is 19.3 Å². The number of fused-ring (bicyclic) bond motifs is 1. The fraction of sp³-hybridized carbons (Fsp3) is 0.188. The van der Waals surface area contributed by atoms with E-state index in [0.29, 0.717) is 17.7 Å². The molecule has 0 fully saturated rings. The van der Waals surface area contributed by atoms with Crippen molar-refractivity contribution >= 4 is 27.3 Å². The monoisotopic (exact) mass is 304 g/mol. The Labute approximate surface area is 125 Å². The molecule has 1 unspecified atom stereocenters. The lowest BCUT2D eigenvalue weighted by Crippen LogP contribution is -2.04. The van der Waals surface area contributed by atoms with Gasteiger partial charge in [-0.15, -0.1) is 0 Å². The van der Waals surface area contributed by atoms with Crippen molar-refractivity contribution in [2.75, 3.05) is 5.73 Å². The quantitative estimate of drug-likeness (QED) is 0.712. The molecule has 0 amide bonds. The third kappa shape index (κ3) is 2.49. The van der Waals surface area contributed by atoms with Gasteiger partial charge in [-0.3, -0.25) is 0 Å². The zero-order valence-corrected chi connectivity index (χ0v) is 12.3. The largest absolute Gasteiger partial charge is 0.399 e. The number of anilines is 1. The van der Waals surface area contributed by atoms with E-state index in [1.807, 2.05) is 6.92 Å². The van der Waals surface area contributed by atoms with E-state index in [0.717, 1.165) is 15.8 Å². The minimum Gasteiger partial charge on any atom is -0.399 e. The summed E-state index contributed by atoms with van der Waals surface area (Å²) in [5, 5.41) is 0.879. The maximum Gasteiger partial charge on any atom is 0.129 e. The van der Waals surface area contributed by atoms with Crippen molar-refractivity contribution in [3.8, 4) is 0 Å². The third-order valence-corrected chi connectivity index (χ3v) is 4.42. The van der Waals surface area contributed by atoms with Gasteiger partial charge in [-0.25, -0.2) is 8.78 Å². The van der Waals surface area contributed by atoms with Crippen LogP contribution in [0.4, 0.5) is 14.5 Å². The zero-order chi connectivity index (χ0) is 15.0. The summed E-state index contributed by atoms with van der Waals surface area (Å²) in [4.78, 5) is 0. The molecule has 5 heteroatoms. The number of nitrogens with two attached hydrogens (primary N) is 1. The Morgan fingerprint density at radius 2 is 2.00 bits per heavy atom. The van der Waals surface area contributed by atoms with E-state index in [1.54, 1.807) is 18.2 Å². The highest BCUT2D eigenvalue weighted by Gasteiger charge is 2.21. The number of hydrogen-bond acceptors (Lipinski definition) is 3. The lowest BCUT2D eigenvalue weighted by molar-refractivity contribution is 0.591. The summed E-state index contributed by atoms with van der Waals surface area (Å²) >= 11 is 1.24. The lowest BCUT2D eigenvalue weighted by atomic mass is 9.91. The Morgan fingerprint density at radius 3 is 2.71 bits per heavy atom. The summed E-state index contributed by atoms with van der Waals surface area (Å²) in [5.41, 5.74) is 7.36. The maximum absolute atomic E-state index is 14.2. The first-order valence-corrected chi connectivity index (χ1v) is 7.47. The third-order valence-electron chi connectivity index (χ3n) is 3.60. The Bertz CT molecular complexity index is 798. The second kappa shape index (κ2) is 5.41. The van der Waals surface area contributed by atoms with E-state index in [4.69, 9.17) is 5.73 Å². The van der Waals surface area contributed by atoms with Gasteiger partial charge in [0.2, 0.25) is 0 Å². The first-order chi connectivity index (χ1) is 10.1. The first-order valence-electron chi connectivity index (χ1n) is 6.70. The molecule has 0 radical (unpaired) electrons. The van der Waals surface area contributed by atoms with Crippen LogP contribution in [-0.4, -0.2) is 4.37 Å². The molecule has 3 aromatic rings. The topological polar surface area (TPSA) is 38.9 Å². The molecule has 0 aliphatic rings. The van der Waals surface area contributed by atoms with Crippen LogP contribution in [0.3, 0.4) is 0 Å². The number of benzene rings is 2. The molecule has 0 saturated heterocycles. The highest BCUT2D eigenvalue weighted by atomic mass is 32.1. The van der Waals surface area contributed by atoms with E-state index in [1.165, 1.54) is 29.7 Å². The average Bonchev–Trinajstić information content (AvgIpc) is 2.85. The molecule has 2 nitrogen and oxygen atoms in total. The van der Waals surface area contributed by atoms with Gasteiger partial charge in [-0.2, -0.15) is 4.37 Å². The summed E-state index contributed by atoms with van der Waals surface area (Å²) in [6, 6.07) is 9.30. The minimum atomic E-state index is -0.329. The number of nitrogens with zero attached hydrogens (tertiary/aromatic N) is 1. The summed E-state index contributed by atoms with van der Waals surface area (Å²) in [6.45, 7) is 1.98. The van der Waals surface area contributed by atoms with Crippen LogP contribution >= 0.6 is 11.5 Å². The SMILES string of the molecule is CCC(c1ccc(N)cc1F)c1nsc2cc(F)ccc12. The Kier molecular flexibility index (Phi) is 3.59. The van der Waals surface area contributed by atoms with Crippen molar-refractivity contribution in [1.82, 2.24) is 4.37 Å². The summed E-state index contributed by atoms with van der Waals surface area (Å²) in [6.07, 6.45) is 0.705. The van der Waals surface area contributed by atoms with Crippen molar-refractivity contribution in [3.05, 3.63) is 59.3 Å². The highest BCUT2D eigenvalue weighted by Crippen LogP contribution is 2.36. The Balaban J connectivity index is 2.14. The molecule has 0 saturated carbocycles. The molecule has 1 atom stereocenters. The van der Waals surface area contributed by atoms with Crippen LogP contribution in [0.5, 0.6) is 0 Å². The average molecular weight is 304 g/mol. The number of aromatic nitrogens is 1. The number of nitrogen functional groups attached to an aromatic ring is 1. The molecule has 2 N–H and O–H groups in total. The predicted molar refractivity (Wildman–Crippen MR) is 82.5 cm³/mol. The smallest absolute Gasteiger partial charge is 0.129 e. The molecule has 108 valence electrons. The first kappa shape index (κ1) is 13.9. The van der Waals surface area contributed by atoms with E-state index in [2.05, 4.69) is 4.37 Å². The van der Waals surface area contributed by atoms with Crippen molar-refractivity contribution in [3.63, 3.8) is 0 Å². The molecular weight excluding hydrogens is 290 g/mol. The standard InChI is InChI=1S/C16H14F2N2S/c1-2-11(12-6-4-10(19)8-14(12)18)16-13-5-3-9(17)7-15(13)21-20-16/h3-8,11H,2,19H2,1H3. The predicted octanol–water partition coefficient (Wildman–Crippen LogP) is 4.70. The lowest BCUT2D eigenvalue weighted by Gasteiger charge is -2.15. The van der Waals surface area contributed by atoms with Crippen LogP contribution in [0.25, 0.3) is 10.1 Å². The van der Waals surface area contributed by atoms with Gasteiger partial charge < -0.3 is 5.73 Å². The van der Waals surface area contributed by atoms with Gasteiger partial charge in [-0.1, -0.05) is 13.0 Å². The summed E-state index contributed by atoms with van der Waals surface area (Å²) in [5.74, 6) is -0.778. The van der Waals surface area contributed by atoms with E-state index < -0.39 is 0 Å². The van der Waals surface area contributed by atoms with Gasteiger partial charge in [0.05, 0.1) is 10.4 Å². The molecule has 0 bridgehead atoms. The van der Waals surface area contributed by atoms with E-state index in [-0.39, 0.29) is 17.6 Å². The Hall–Kier alpha value is -2.01. The van der Waals surface area contributed by atoms with Crippen LogP contribution in [0, 0.1) is 11.6 Å². The number of hydrogen-bond donors (Lipinski definition) is 1. The molecular formula is C16H14F2N2S. The van der Waals surface area contributed by atoms with Crippen LogP contribution in [0.1, 0.15) is 30.5 Å². The van der Waals surface area contributed by atoms with Crippen molar-refractivity contribution in [2.24, 2.45) is 0 Å². The molecule has 1 aromatic heterocycles. The van der Waals surface area contributed by atoms with E-state index in [9.17, 15) is 8.78 Å². The van der Waals surface area contributed by atoms with Crippen LogP contribution in [0.15, 0.2) is 36.4 Å². The molecule has 3 rings (SSSR count). The van der Waals surface area contributed by atoms with Crippen LogP contribution in [0.2, 0.25) is 0 Å². The van der Waals surface area contributed by atoms with E-state index >= 15 is 0 Å². The molecule has 21 heavy (non-hydrogen) atoms. The van der Waals surface area contributed by atoms with Gasteiger partial charge in [0.15, 0.2) is 0 Å². The summed E-state index contributed by atoms with van der Waals surface area (Å²) < 4.78 is 32.6. The fourth-order valence-corrected chi connectivity index (χ4v) is 3.43. The van der Waals surface area contributed by atoms with Gasteiger partial charge in [0.25, 0.3) is 0 Å². The van der Waals surface area contributed by atoms with Crippen molar-refractivity contribution < 1.29 is 8.78 Å². The maximum atomic E-state index is 14.2. The van der Waals surface area contributed by atoms with Gasteiger partial charge >= 0.3 is 0 Å². The highest BCUT2D eigenvalue weighted by molar-refractivity contribution is 7.13. The molecule has 1 heterocycles. The zero-order valence-electron chi connectivity index (χ0n) is 11.4. The molecule has 0 spiro atoms. The van der Waals surface area contributed by atoms with Gasteiger partial charge in [0, 0.05) is 17.0 Å². The fourth-order valence-electron chi connectivity index (χ4n) is 2.57. The van der Waals surface area contributed by atoms with Gasteiger partial charge in [-0.05, 0) is 53.8 Å². The molecule has 0 aliphatic heterocycles. The number of rotatable bonds is 3.